The van der Waals surface area contributed by atoms with Gasteiger partial charge in [-0.3, -0.25) is 0 Å². The first-order chi connectivity index (χ1) is 10.7. The van der Waals surface area contributed by atoms with Crippen LogP contribution in [0, 0.1) is 0 Å². The summed E-state index contributed by atoms with van der Waals surface area (Å²) in [5.41, 5.74) is 0.916. The average molecular weight is 489 g/mol. The molecule has 0 aliphatic carbocycles. The van der Waals surface area contributed by atoms with Gasteiger partial charge in [-0.2, -0.15) is 0 Å². The van der Waals surface area contributed by atoms with Gasteiger partial charge in [-0.25, -0.2) is 18.4 Å². The number of nitrogens with one attached hydrogen (secondary N) is 2. The number of aliphatic imine (C=N–C) groups is 1. The third kappa shape index (κ3) is 9.62. The quantitative estimate of drug-likeness (QED) is 0.329. The maximum Gasteiger partial charge on any atom is 0.191 e. The Bertz CT molecular complexity index is 616. The van der Waals surface area contributed by atoms with Crippen LogP contribution < -0.4 is 15.5 Å². The van der Waals surface area contributed by atoms with Crippen LogP contribution in [0.3, 0.4) is 0 Å². The molecule has 24 heavy (non-hydrogen) atoms. The molecule has 0 fully saturated rings. The van der Waals surface area contributed by atoms with Gasteiger partial charge in [0.15, 0.2) is 11.1 Å². The van der Waals surface area contributed by atoms with Gasteiger partial charge < -0.3 is 15.5 Å². The number of hydrogen-bond donors (Lipinski definition) is 2. The van der Waals surface area contributed by atoms with Crippen molar-refractivity contribution < 1.29 is 8.42 Å². The van der Waals surface area contributed by atoms with Crippen molar-refractivity contribution in [1.29, 1.82) is 0 Å². The number of hydrogen-bond acceptors (Lipinski definition) is 6. The Morgan fingerprint density at radius 3 is 2.62 bits per heavy atom. The van der Waals surface area contributed by atoms with Crippen molar-refractivity contribution in [3.63, 3.8) is 0 Å². The molecule has 1 rings (SSSR count). The minimum absolute atomic E-state index is 0. The van der Waals surface area contributed by atoms with Crippen molar-refractivity contribution in [2.45, 2.75) is 32.9 Å². The summed E-state index contributed by atoms with van der Waals surface area (Å²) in [6.07, 6.45) is 1.80. The topological polar surface area (TPSA) is 86.7 Å². The molecule has 1 heterocycles. The average Bonchev–Trinajstić information content (AvgIpc) is 2.91. The number of sulfone groups is 1. The van der Waals surface area contributed by atoms with Gasteiger partial charge in [-0.1, -0.05) is 0 Å². The molecule has 0 bridgehead atoms. The summed E-state index contributed by atoms with van der Waals surface area (Å²) in [6, 6.07) is 0.0234. The van der Waals surface area contributed by atoms with E-state index in [1.165, 1.54) is 6.26 Å². The van der Waals surface area contributed by atoms with Crippen LogP contribution in [0.25, 0.3) is 0 Å². The standard InChI is InChI=1S/C14H27N5O2S2.HI/c1-6-15-13(17-11(2)7-8-23(5,20)21)16-9-12-10-22-14(18-12)19(3)4;/h10-11H,6-9H2,1-5H3,(H2,15,16,17);1H. The third-order valence-electron chi connectivity index (χ3n) is 2.97. The van der Waals surface area contributed by atoms with Crippen molar-refractivity contribution in [3.8, 4) is 0 Å². The summed E-state index contributed by atoms with van der Waals surface area (Å²) in [5.74, 6) is 0.840. The van der Waals surface area contributed by atoms with Crippen molar-refractivity contribution in [2.75, 3.05) is 37.5 Å². The Balaban J connectivity index is 0.00000529. The van der Waals surface area contributed by atoms with Gasteiger partial charge in [0.05, 0.1) is 18.0 Å². The summed E-state index contributed by atoms with van der Waals surface area (Å²) in [5, 5.41) is 9.34. The monoisotopic (exact) mass is 489 g/mol. The molecule has 0 spiro atoms. The van der Waals surface area contributed by atoms with Gasteiger partial charge >= 0.3 is 0 Å². The Hall–Kier alpha value is -0.620. The Kier molecular flexibility index (Phi) is 10.8. The summed E-state index contributed by atoms with van der Waals surface area (Å²) in [7, 11) is 0.977. The number of anilines is 1. The van der Waals surface area contributed by atoms with Crippen molar-refractivity contribution in [3.05, 3.63) is 11.1 Å². The van der Waals surface area contributed by atoms with Gasteiger partial charge in [-0.05, 0) is 20.3 Å². The predicted octanol–water partition coefficient (Wildman–Crippen LogP) is 1.71. The molecular weight excluding hydrogens is 461 g/mol. The molecule has 0 radical (unpaired) electrons. The second kappa shape index (κ2) is 11.1. The minimum Gasteiger partial charge on any atom is -0.357 e. The lowest BCUT2D eigenvalue weighted by Gasteiger charge is -2.17. The Morgan fingerprint density at radius 2 is 2.12 bits per heavy atom. The van der Waals surface area contributed by atoms with Crippen LogP contribution >= 0.6 is 35.3 Å². The second-order valence-corrected chi connectivity index (χ2v) is 8.77. The molecule has 1 aromatic rings. The molecule has 0 aliphatic heterocycles. The molecule has 1 aromatic heterocycles. The molecule has 1 unspecified atom stereocenters. The summed E-state index contributed by atoms with van der Waals surface area (Å²) < 4.78 is 22.5. The normalized spacial score (nSPS) is 13.1. The molecule has 10 heteroatoms. The lowest BCUT2D eigenvalue weighted by atomic mass is 10.3. The van der Waals surface area contributed by atoms with Gasteiger partial charge in [0.2, 0.25) is 0 Å². The van der Waals surface area contributed by atoms with E-state index in [1.807, 2.05) is 38.2 Å². The maximum absolute atomic E-state index is 11.2. The predicted molar refractivity (Wildman–Crippen MR) is 114 cm³/mol. The van der Waals surface area contributed by atoms with E-state index in [1.54, 1.807) is 11.3 Å². The summed E-state index contributed by atoms with van der Waals surface area (Å²) in [6.45, 7) is 5.17. The molecule has 140 valence electrons. The van der Waals surface area contributed by atoms with E-state index in [2.05, 4.69) is 20.6 Å². The minimum atomic E-state index is -2.94. The van der Waals surface area contributed by atoms with Crippen LogP contribution in [0.15, 0.2) is 10.4 Å². The lowest BCUT2D eigenvalue weighted by Crippen LogP contribution is -2.42. The first-order valence-corrected chi connectivity index (χ1v) is 10.5. The van der Waals surface area contributed by atoms with Crippen LogP contribution in [0.4, 0.5) is 5.13 Å². The van der Waals surface area contributed by atoms with E-state index in [4.69, 9.17) is 0 Å². The zero-order valence-electron chi connectivity index (χ0n) is 14.9. The van der Waals surface area contributed by atoms with Gasteiger partial charge in [0.1, 0.15) is 9.84 Å². The van der Waals surface area contributed by atoms with Gasteiger partial charge in [-0.15, -0.1) is 35.3 Å². The molecule has 0 saturated carbocycles. The summed E-state index contributed by atoms with van der Waals surface area (Å²) in [4.78, 5) is 11.0. The van der Waals surface area contributed by atoms with E-state index < -0.39 is 9.84 Å². The number of guanidine groups is 1. The van der Waals surface area contributed by atoms with Crippen LogP contribution in [0.5, 0.6) is 0 Å². The zero-order valence-corrected chi connectivity index (χ0v) is 18.8. The Labute approximate surface area is 166 Å². The number of rotatable bonds is 8. The molecule has 0 aromatic carbocycles. The van der Waals surface area contributed by atoms with Crippen molar-refractivity contribution in [1.82, 2.24) is 15.6 Å². The fraction of sp³-hybridized carbons (Fsp3) is 0.714. The highest BCUT2D eigenvalue weighted by Crippen LogP contribution is 2.18. The van der Waals surface area contributed by atoms with Gasteiger partial charge in [0, 0.05) is 38.3 Å². The molecule has 0 amide bonds. The molecule has 7 nitrogen and oxygen atoms in total. The number of aromatic nitrogens is 1. The van der Waals surface area contributed by atoms with Crippen molar-refractivity contribution >= 4 is 56.2 Å². The van der Waals surface area contributed by atoms with Crippen LogP contribution in [0.2, 0.25) is 0 Å². The van der Waals surface area contributed by atoms with E-state index in [9.17, 15) is 8.42 Å². The zero-order chi connectivity index (χ0) is 17.5. The first-order valence-electron chi connectivity index (χ1n) is 7.55. The molecule has 0 aliphatic rings. The van der Waals surface area contributed by atoms with E-state index in [0.29, 0.717) is 18.9 Å². The van der Waals surface area contributed by atoms with Crippen LogP contribution in [-0.4, -0.2) is 58.1 Å². The lowest BCUT2D eigenvalue weighted by molar-refractivity contribution is 0.581. The summed E-state index contributed by atoms with van der Waals surface area (Å²) >= 11 is 1.59. The maximum atomic E-state index is 11.2. The fourth-order valence-electron chi connectivity index (χ4n) is 1.75. The number of thiazole rings is 1. The third-order valence-corrected chi connectivity index (χ3v) is 5.00. The smallest absolute Gasteiger partial charge is 0.191 e. The number of halogens is 1. The molecular formula is C14H28IN5O2S2. The first kappa shape index (κ1) is 23.4. The van der Waals surface area contributed by atoms with Crippen LogP contribution in [-0.2, 0) is 16.4 Å². The second-order valence-electron chi connectivity index (χ2n) is 5.67. The van der Waals surface area contributed by atoms with E-state index in [-0.39, 0.29) is 35.8 Å². The number of nitrogens with zero attached hydrogens (tertiary/aromatic N) is 3. The molecule has 1 atom stereocenters. The highest BCUT2D eigenvalue weighted by Gasteiger charge is 2.10. The highest BCUT2D eigenvalue weighted by atomic mass is 127. The molecule has 2 N–H and O–H groups in total. The SMILES string of the molecule is CCNC(=NCc1csc(N(C)C)n1)NC(C)CCS(C)(=O)=O.I. The van der Waals surface area contributed by atoms with Crippen LogP contribution in [0.1, 0.15) is 26.0 Å². The van der Waals surface area contributed by atoms with Gasteiger partial charge in [0.25, 0.3) is 0 Å². The largest absolute Gasteiger partial charge is 0.357 e. The highest BCUT2D eigenvalue weighted by molar-refractivity contribution is 14.0. The fourth-order valence-corrected chi connectivity index (χ4v) is 3.28. The van der Waals surface area contributed by atoms with E-state index in [0.717, 1.165) is 17.4 Å². The van der Waals surface area contributed by atoms with E-state index >= 15 is 0 Å². The molecule has 0 saturated heterocycles. The Morgan fingerprint density at radius 1 is 1.46 bits per heavy atom. The van der Waals surface area contributed by atoms with Crippen molar-refractivity contribution in [2.24, 2.45) is 4.99 Å².